The zero-order chi connectivity index (χ0) is 21.4. The molecule has 1 fully saturated rings. The standard InChI is InChI=1S/C26H21NO3S/c1-30-20-14-12-19(13-15-20)27-25(28)23-21(17-8-4-2-5-9-17)16-22(31-24(23)26(27)29)18-10-6-3-7-11-18/h2-16,21,23-24H,1H3. The molecule has 3 aromatic carbocycles. The monoisotopic (exact) mass is 427 g/mol. The number of anilines is 1. The minimum Gasteiger partial charge on any atom is -0.497 e. The van der Waals surface area contributed by atoms with Crippen LogP contribution in [0.25, 0.3) is 4.91 Å². The van der Waals surface area contributed by atoms with Crippen molar-refractivity contribution in [3.05, 3.63) is 102 Å². The summed E-state index contributed by atoms with van der Waals surface area (Å²) in [6.07, 6.45) is 2.15. The molecule has 4 nitrogen and oxygen atoms in total. The lowest BCUT2D eigenvalue weighted by Crippen LogP contribution is -2.31. The second kappa shape index (κ2) is 8.08. The van der Waals surface area contributed by atoms with Gasteiger partial charge in [-0.05, 0) is 35.4 Å². The van der Waals surface area contributed by atoms with Gasteiger partial charge in [0, 0.05) is 10.8 Å². The average molecular weight is 428 g/mol. The molecule has 154 valence electrons. The van der Waals surface area contributed by atoms with Gasteiger partial charge in [-0.3, -0.25) is 9.59 Å². The van der Waals surface area contributed by atoms with E-state index in [9.17, 15) is 9.59 Å². The number of carbonyl (C=O) groups excluding carboxylic acids is 2. The van der Waals surface area contributed by atoms with Crippen molar-refractivity contribution in [3.8, 4) is 5.75 Å². The van der Waals surface area contributed by atoms with Crippen molar-refractivity contribution in [2.75, 3.05) is 12.0 Å². The number of rotatable bonds is 4. The van der Waals surface area contributed by atoms with Crippen molar-refractivity contribution in [1.82, 2.24) is 0 Å². The van der Waals surface area contributed by atoms with Gasteiger partial charge < -0.3 is 4.74 Å². The maximum atomic E-state index is 13.6. The highest BCUT2D eigenvalue weighted by Gasteiger charge is 2.54. The van der Waals surface area contributed by atoms with Crippen LogP contribution in [0.3, 0.4) is 0 Å². The average Bonchev–Trinajstić information content (AvgIpc) is 3.09. The number of hydrogen-bond acceptors (Lipinski definition) is 4. The molecule has 0 spiro atoms. The van der Waals surface area contributed by atoms with Crippen LogP contribution < -0.4 is 9.64 Å². The Morgan fingerprint density at radius 2 is 1.45 bits per heavy atom. The molecule has 0 radical (unpaired) electrons. The van der Waals surface area contributed by atoms with Gasteiger partial charge in [0.15, 0.2) is 0 Å². The van der Waals surface area contributed by atoms with Crippen LogP contribution in [0, 0.1) is 5.92 Å². The van der Waals surface area contributed by atoms with Crippen molar-refractivity contribution >= 4 is 34.2 Å². The first kappa shape index (κ1) is 19.6. The molecule has 5 rings (SSSR count). The van der Waals surface area contributed by atoms with E-state index in [1.165, 1.54) is 16.7 Å². The Hall–Kier alpha value is -3.31. The van der Waals surface area contributed by atoms with Gasteiger partial charge in [-0.15, -0.1) is 11.8 Å². The van der Waals surface area contributed by atoms with E-state index in [-0.39, 0.29) is 17.7 Å². The molecule has 0 aliphatic carbocycles. The molecular weight excluding hydrogens is 406 g/mol. The summed E-state index contributed by atoms with van der Waals surface area (Å²) in [6.45, 7) is 0. The molecule has 3 aromatic rings. The largest absolute Gasteiger partial charge is 0.497 e. The molecular formula is C26H21NO3S. The van der Waals surface area contributed by atoms with Gasteiger partial charge in [-0.1, -0.05) is 66.7 Å². The fraction of sp³-hybridized carbons (Fsp3) is 0.154. The van der Waals surface area contributed by atoms with E-state index in [0.717, 1.165) is 16.0 Å². The molecule has 2 heterocycles. The Kier molecular flexibility index (Phi) is 5.12. The van der Waals surface area contributed by atoms with E-state index in [0.29, 0.717) is 11.4 Å². The molecule has 2 amide bonds. The van der Waals surface area contributed by atoms with Crippen LogP contribution >= 0.6 is 11.8 Å². The van der Waals surface area contributed by atoms with Crippen LogP contribution in [0.2, 0.25) is 0 Å². The molecule has 2 aliphatic rings. The number of benzene rings is 3. The summed E-state index contributed by atoms with van der Waals surface area (Å²) in [5, 5.41) is -0.458. The third-order valence-corrected chi connectivity index (χ3v) is 7.22. The minimum atomic E-state index is -0.458. The summed E-state index contributed by atoms with van der Waals surface area (Å²) in [5.74, 6) is -0.223. The summed E-state index contributed by atoms with van der Waals surface area (Å²) in [7, 11) is 1.59. The Morgan fingerprint density at radius 1 is 0.806 bits per heavy atom. The Morgan fingerprint density at radius 3 is 2.10 bits per heavy atom. The first-order valence-corrected chi connectivity index (χ1v) is 11.1. The van der Waals surface area contributed by atoms with E-state index in [4.69, 9.17) is 4.74 Å². The molecule has 3 unspecified atom stereocenters. The maximum Gasteiger partial charge on any atom is 0.248 e. The fourth-order valence-electron chi connectivity index (χ4n) is 4.31. The lowest BCUT2D eigenvalue weighted by molar-refractivity contribution is -0.122. The quantitative estimate of drug-likeness (QED) is 0.542. The number of fused-ring (bicyclic) bond motifs is 1. The van der Waals surface area contributed by atoms with Gasteiger partial charge >= 0.3 is 0 Å². The van der Waals surface area contributed by atoms with Gasteiger partial charge in [-0.2, -0.15) is 0 Å². The van der Waals surface area contributed by atoms with E-state index in [1.807, 2.05) is 60.7 Å². The van der Waals surface area contributed by atoms with Crippen molar-refractivity contribution in [2.45, 2.75) is 11.2 Å². The maximum absolute atomic E-state index is 13.6. The van der Waals surface area contributed by atoms with Gasteiger partial charge in [0.05, 0.1) is 18.7 Å². The fourth-order valence-corrected chi connectivity index (χ4v) is 5.72. The van der Waals surface area contributed by atoms with Crippen molar-refractivity contribution in [3.63, 3.8) is 0 Å². The van der Waals surface area contributed by atoms with Crippen LogP contribution in [0.15, 0.2) is 91.0 Å². The number of allylic oxidation sites excluding steroid dienone is 1. The smallest absolute Gasteiger partial charge is 0.248 e. The van der Waals surface area contributed by atoms with Crippen LogP contribution in [0.5, 0.6) is 5.75 Å². The van der Waals surface area contributed by atoms with Gasteiger partial charge in [-0.25, -0.2) is 4.90 Å². The number of thioether (sulfide) groups is 1. The zero-order valence-electron chi connectivity index (χ0n) is 17.0. The molecule has 0 saturated carbocycles. The topological polar surface area (TPSA) is 46.6 Å². The molecule has 0 N–H and O–H groups in total. The minimum absolute atomic E-state index is 0.148. The van der Waals surface area contributed by atoms with Gasteiger partial charge in [0.1, 0.15) is 11.0 Å². The summed E-state index contributed by atoms with van der Waals surface area (Å²) >= 11 is 1.50. The number of imide groups is 1. The van der Waals surface area contributed by atoms with E-state index in [1.54, 1.807) is 31.4 Å². The summed E-state index contributed by atoms with van der Waals surface area (Å²) in [5.41, 5.74) is 2.69. The zero-order valence-corrected chi connectivity index (χ0v) is 17.8. The molecule has 5 heteroatoms. The van der Waals surface area contributed by atoms with Gasteiger partial charge in [0.25, 0.3) is 0 Å². The van der Waals surface area contributed by atoms with E-state index < -0.39 is 11.2 Å². The number of methoxy groups -OCH3 is 1. The number of nitrogens with zero attached hydrogens (tertiary/aromatic N) is 1. The Labute approximate surface area is 185 Å². The first-order chi connectivity index (χ1) is 15.2. The molecule has 3 atom stereocenters. The normalized spacial score (nSPS) is 22.8. The summed E-state index contributed by atoms with van der Waals surface area (Å²) in [6, 6.07) is 27.1. The third-order valence-electron chi connectivity index (χ3n) is 5.84. The van der Waals surface area contributed by atoms with Crippen LogP contribution in [-0.4, -0.2) is 24.2 Å². The molecule has 0 aromatic heterocycles. The summed E-state index contributed by atoms with van der Waals surface area (Å²) in [4.78, 5) is 29.4. The third kappa shape index (κ3) is 3.45. The predicted octanol–water partition coefficient (Wildman–Crippen LogP) is 5.12. The van der Waals surface area contributed by atoms with Crippen molar-refractivity contribution in [2.24, 2.45) is 5.92 Å². The van der Waals surface area contributed by atoms with Crippen molar-refractivity contribution in [1.29, 1.82) is 0 Å². The number of amides is 2. The van der Waals surface area contributed by atoms with Crippen LogP contribution in [0.4, 0.5) is 5.69 Å². The second-order valence-electron chi connectivity index (χ2n) is 7.61. The van der Waals surface area contributed by atoms with Crippen molar-refractivity contribution < 1.29 is 14.3 Å². The lowest BCUT2D eigenvalue weighted by atomic mass is 9.83. The highest BCUT2D eigenvalue weighted by atomic mass is 32.2. The SMILES string of the molecule is COc1ccc(N2C(=O)C3SC(c4ccccc4)=CC(c4ccccc4)C3C2=O)cc1. The lowest BCUT2D eigenvalue weighted by Gasteiger charge is -2.29. The van der Waals surface area contributed by atoms with Gasteiger partial charge in [0.2, 0.25) is 11.8 Å². The number of hydrogen-bond donors (Lipinski definition) is 0. The highest BCUT2D eigenvalue weighted by Crippen LogP contribution is 2.51. The highest BCUT2D eigenvalue weighted by molar-refractivity contribution is 8.09. The Balaban J connectivity index is 1.58. The summed E-state index contributed by atoms with van der Waals surface area (Å²) < 4.78 is 5.22. The predicted molar refractivity (Wildman–Crippen MR) is 124 cm³/mol. The van der Waals surface area contributed by atoms with E-state index in [2.05, 4.69) is 6.08 Å². The molecule has 2 aliphatic heterocycles. The van der Waals surface area contributed by atoms with Crippen LogP contribution in [-0.2, 0) is 9.59 Å². The molecule has 0 bridgehead atoms. The second-order valence-corrected chi connectivity index (χ2v) is 8.79. The molecule has 1 saturated heterocycles. The first-order valence-electron chi connectivity index (χ1n) is 10.2. The number of carbonyl (C=O) groups is 2. The van der Waals surface area contributed by atoms with Crippen LogP contribution in [0.1, 0.15) is 17.0 Å². The van der Waals surface area contributed by atoms with E-state index >= 15 is 0 Å². The number of ether oxygens (including phenoxy) is 1. The Bertz CT molecular complexity index is 1140. The molecule has 31 heavy (non-hydrogen) atoms.